The van der Waals surface area contributed by atoms with Crippen molar-refractivity contribution in [2.24, 2.45) is 5.73 Å². The van der Waals surface area contributed by atoms with Gasteiger partial charge in [-0.2, -0.15) is 5.26 Å². The van der Waals surface area contributed by atoms with Gasteiger partial charge in [0, 0.05) is 0 Å². The summed E-state index contributed by atoms with van der Waals surface area (Å²) in [6.07, 6.45) is 13.9. The van der Waals surface area contributed by atoms with Gasteiger partial charge in [0.05, 0.1) is 15.3 Å². The molecular formula is C21H33N3S3. The fraction of sp³-hybridized carbons (Fsp3) is 0.619. The third-order valence-corrected chi connectivity index (χ3v) is 6.98. The Bertz CT molecular complexity index is 594. The molecule has 1 aromatic heterocycles. The van der Waals surface area contributed by atoms with E-state index in [1.807, 2.05) is 23.6 Å². The van der Waals surface area contributed by atoms with Crippen molar-refractivity contribution in [1.82, 2.24) is 4.98 Å². The van der Waals surface area contributed by atoms with Gasteiger partial charge >= 0.3 is 0 Å². The molecular weight excluding hydrogens is 390 g/mol. The average Bonchev–Trinajstić information content (AvgIpc) is 3.10. The first-order valence-corrected chi connectivity index (χ1v) is 12.8. The number of nitrogens with two attached hydrogens (primary N) is 1. The topological polar surface area (TPSA) is 62.7 Å². The second-order valence-corrected chi connectivity index (χ2v) is 9.79. The summed E-state index contributed by atoms with van der Waals surface area (Å²) < 4.78 is 2.24. The first-order valence-electron chi connectivity index (χ1n) is 10.0. The molecule has 6 heteroatoms. The second-order valence-electron chi connectivity index (χ2n) is 6.42. The number of nitriles is 1. The van der Waals surface area contributed by atoms with Gasteiger partial charge in [-0.3, -0.25) is 0 Å². The normalized spacial score (nSPS) is 10.4. The number of benzene rings is 1. The number of hydrogen-bond donors (Lipinski definition) is 1. The van der Waals surface area contributed by atoms with Crippen molar-refractivity contribution in [1.29, 1.82) is 5.26 Å². The lowest BCUT2D eigenvalue weighted by molar-refractivity contribution is 0.558. The van der Waals surface area contributed by atoms with Crippen molar-refractivity contribution in [3.05, 3.63) is 24.3 Å². The first kappa shape index (κ1) is 24.3. The number of aromatic nitrogens is 1. The third-order valence-electron chi connectivity index (χ3n) is 4.14. The third kappa shape index (κ3) is 12.4. The fourth-order valence-electron chi connectivity index (χ4n) is 2.65. The van der Waals surface area contributed by atoms with Gasteiger partial charge < -0.3 is 5.73 Å². The number of rotatable bonds is 13. The fourth-order valence-corrected chi connectivity index (χ4v) is 5.30. The Morgan fingerprint density at radius 1 is 1.00 bits per heavy atom. The average molecular weight is 424 g/mol. The minimum absolute atomic E-state index is 0.746. The van der Waals surface area contributed by atoms with Crippen LogP contribution in [0.1, 0.15) is 71.1 Å². The van der Waals surface area contributed by atoms with Crippen LogP contribution in [-0.4, -0.2) is 16.6 Å². The molecule has 2 rings (SSSR count). The minimum atomic E-state index is 0.746. The van der Waals surface area contributed by atoms with Crippen LogP contribution in [0.2, 0.25) is 0 Å². The lowest BCUT2D eigenvalue weighted by atomic mass is 10.1. The van der Waals surface area contributed by atoms with Crippen LogP contribution in [0.5, 0.6) is 0 Å². The number of fused-ring (bicyclic) bond motifs is 1. The van der Waals surface area contributed by atoms with Crippen molar-refractivity contribution in [3.8, 4) is 5.40 Å². The summed E-state index contributed by atoms with van der Waals surface area (Å²) >= 11 is 4.54. The molecule has 2 aromatic rings. The molecule has 0 fully saturated rings. The molecule has 0 unspecified atom stereocenters. The van der Waals surface area contributed by atoms with E-state index in [0.29, 0.717) is 0 Å². The number of thiazole rings is 1. The maximum Gasteiger partial charge on any atom is 0.151 e. The van der Waals surface area contributed by atoms with Crippen LogP contribution in [0.25, 0.3) is 10.2 Å². The van der Waals surface area contributed by atoms with Gasteiger partial charge in [0.15, 0.2) is 4.34 Å². The Morgan fingerprint density at radius 3 is 2.22 bits per heavy atom. The van der Waals surface area contributed by atoms with E-state index in [9.17, 15) is 0 Å². The maximum atomic E-state index is 8.37. The van der Waals surface area contributed by atoms with Gasteiger partial charge in [-0.15, -0.1) is 11.3 Å². The van der Waals surface area contributed by atoms with E-state index in [2.05, 4.69) is 18.0 Å². The Kier molecular flexibility index (Phi) is 15.6. The summed E-state index contributed by atoms with van der Waals surface area (Å²) in [6, 6.07) is 8.07. The predicted octanol–water partition coefficient (Wildman–Crippen LogP) is 7.43. The highest BCUT2D eigenvalue weighted by molar-refractivity contribution is 8.18. The molecule has 3 nitrogen and oxygen atoms in total. The van der Waals surface area contributed by atoms with Crippen molar-refractivity contribution < 1.29 is 0 Å². The molecule has 2 N–H and O–H groups in total. The van der Waals surface area contributed by atoms with Gasteiger partial charge in [-0.1, -0.05) is 88.6 Å². The van der Waals surface area contributed by atoms with E-state index >= 15 is 0 Å². The summed E-state index contributed by atoms with van der Waals surface area (Å²) in [5, 5.41) is 11.2. The molecule has 0 aliphatic carbocycles. The lowest BCUT2D eigenvalue weighted by Crippen LogP contribution is -1.97. The Balaban J connectivity index is 0.000000271. The van der Waals surface area contributed by atoms with E-state index < -0.39 is 0 Å². The molecule has 150 valence electrons. The molecule has 27 heavy (non-hydrogen) atoms. The van der Waals surface area contributed by atoms with Crippen LogP contribution in [0.15, 0.2) is 28.6 Å². The molecule has 1 aromatic carbocycles. The highest BCUT2D eigenvalue weighted by atomic mass is 32.2. The summed E-state index contributed by atoms with van der Waals surface area (Å²) in [7, 11) is 0. The minimum Gasteiger partial charge on any atom is -0.330 e. The summed E-state index contributed by atoms with van der Waals surface area (Å²) in [5.74, 6) is 0. The van der Waals surface area contributed by atoms with E-state index in [-0.39, 0.29) is 0 Å². The molecule has 0 aliphatic rings. The standard InChI is InChI=1S/C12H27N.C9H6N2S3/c1-2-3-4-5-6-7-8-9-10-11-12-13;10-5-12-6-13-9-11-7-3-1-2-4-8(7)14-9/h2-13H2,1H3;1-4H,6H2. The zero-order valence-corrected chi connectivity index (χ0v) is 18.9. The maximum absolute atomic E-state index is 8.37. The van der Waals surface area contributed by atoms with Gasteiger partial charge in [-0.05, 0) is 36.9 Å². The number of unbranched alkanes of at least 4 members (excludes halogenated alkanes) is 9. The van der Waals surface area contributed by atoms with Crippen molar-refractivity contribution in [2.45, 2.75) is 75.5 Å². The summed E-state index contributed by atoms with van der Waals surface area (Å²) in [5.41, 5.74) is 6.47. The van der Waals surface area contributed by atoms with Gasteiger partial charge in [0.1, 0.15) is 5.40 Å². The Morgan fingerprint density at radius 2 is 1.63 bits per heavy atom. The van der Waals surface area contributed by atoms with Crippen LogP contribution < -0.4 is 5.73 Å². The number of thioether (sulfide) groups is 2. The number of nitrogens with zero attached hydrogens (tertiary/aromatic N) is 2. The molecule has 0 spiro atoms. The van der Waals surface area contributed by atoms with Crippen LogP contribution >= 0.6 is 34.9 Å². The van der Waals surface area contributed by atoms with Gasteiger partial charge in [0.25, 0.3) is 0 Å². The van der Waals surface area contributed by atoms with Crippen molar-refractivity contribution >= 4 is 45.1 Å². The molecule has 0 atom stereocenters. The highest BCUT2D eigenvalue weighted by Gasteiger charge is 2.02. The molecule has 0 radical (unpaired) electrons. The Labute approximate surface area is 177 Å². The summed E-state index contributed by atoms with van der Waals surface area (Å²) in [6.45, 7) is 3.14. The van der Waals surface area contributed by atoms with Crippen molar-refractivity contribution in [2.75, 3.05) is 11.6 Å². The zero-order valence-electron chi connectivity index (χ0n) is 16.5. The second kappa shape index (κ2) is 17.4. The van der Waals surface area contributed by atoms with Crippen LogP contribution in [0, 0.1) is 10.7 Å². The van der Waals surface area contributed by atoms with Crippen LogP contribution in [0.3, 0.4) is 0 Å². The molecule has 0 saturated heterocycles. The van der Waals surface area contributed by atoms with E-state index in [1.165, 1.54) is 80.7 Å². The van der Waals surface area contributed by atoms with E-state index in [1.54, 1.807) is 23.1 Å². The van der Waals surface area contributed by atoms with Crippen LogP contribution in [0.4, 0.5) is 0 Å². The largest absolute Gasteiger partial charge is 0.330 e. The zero-order chi connectivity index (χ0) is 19.6. The molecule has 1 heterocycles. The molecule has 0 aliphatic heterocycles. The number of hydrogen-bond acceptors (Lipinski definition) is 6. The smallest absolute Gasteiger partial charge is 0.151 e. The summed E-state index contributed by atoms with van der Waals surface area (Å²) in [4.78, 5) is 4.44. The first-order chi connectivity index (χ1) is 13.3. The predicted molar refractivity (Wildman–Crippen MR) is 124 cm³/mol. The SMILES string of the molecule is CCCCCCCCCCCCN.N#CSCSc1nc2ccccc2s1. The quantitative estimate of drug-likeness (QED) is 0.157. The van der Waals surface area contributed by atoms with Gasteiger partial charge in [-0.25, -0.2) is 4.98 Å². The number of para-hydroxylation sites is 1. The molecule has 0 amide bonds. The van der Waals surface area contributed by atoms with E-state index in [4.69, 9.17) is 11.0 Å². The van der Waals surface area contributed by atoms with Crippen molar-refractivity contribution in [3.63, 3.8) is 0 Å². The lowest BCUT2D eigenvalue weighted by Gasteiger charge is -2.00. The number of thiocyanates is 1. The van der Waals surface area contributed by atoms with Gasteiger partial charge in [0.2, 0.25) is 0 Å². The van der Waals surface area contributed by atoms with E-state index in [0.717, 1.165) is 21.5 Å². The molecule has 0 bridgehead atoms. The monoisotopic (exact) mass is 423 g/mol. The molecule has 0 saturated carbocycles. The Hall–Kier alpha value is -0.740. The highest BCUT2D eigenvalue weighted by Crippen LogP contribution is 2.30. The van der Waals surface area contributed by atoms with Crippen LogP contribution in [-0.2, 0) is 0 Å².